The van der Waals surface area contributed by atoms with E-state index in [0.717, 1.165) is 30.4 Å². The van der Waals surface area contributed by atoms with E-state index in [9.17, 15) is 9.46 Å². The molecule has 0 aromatic carbocycles. The van der Waals surface area contributed by atoms with Crippen LogP contribution in [-0.4, -0.2) is 49.8 Å². The van der Waals surface area contributed by atoms with Gasteiger partial charge < -0.3 is 9.38 Å². The summed E-state index contributed by atoms with van der Waals surface area (Å²) in [6.07, 6.45) is 28.8. The van der Waals surface area contributed by atoms with E-state index < -0.39 is 7.82 Å². The first-order valence-corrected chi connectivity index (χ1v) is 17.3. The number of likely N-dealkylation sites (N-methyl/N-ethyl adjacent to an activating group) is 1. The summed E-state index contributed by atoms with van der Waals surface area (Å²) in [6.45, 7) is 6.88. The summed E-state index contributed by atoms with van der Waals surface area (Å²) in [5.74, 6) is 0. The normalized spacial score (nSPS) is 13.8. The third kappa shape index (κ3) is 27.1. The Morgan fingerprint density at radius 3 is 1.25 bits per heavy atom. The fourth-order valence-corrected chi connectivity index (χ4v) is 5.45. The first-order chi connectivity index (χ1) is 17.3. The van der Waals surface area contributed by atoms with Gasteiger partial charge in [-0.1, -0.05) is 136 Å². The second kappa shape index (κ2) is 25.4. The minimum Gasteiger partial charge on any atom is -0.327 e. The van der Waals surface area contributed by atoms with Gasteiger partial charge in [-0.3, -0.25) is 9.05 Å². The highest BCUT2D eigenvalue weighted by Crippen LogP contribution is 2.43. The predicted molar refractivity (Wildman–Crippen MR) is 156 cm³/mol. The zero-order chi connectivity index (χ0) is 26.8. The molecule has 0 saturated heterocycles. The fourth-order valence-electron chi connectivity index (χ4n) is 4.70. The second-order valence-electron chi connectivity index (χ2n) is 11.6. The molecule has 0 aliphatic carbocycles. The standard InChI is InChI=1S/C30H64NO4P/c1-5-7-9-11-13-15-16-17-18-19-20-21-23-25-27-31(3,4)28-30-35-36(32,33)34-29-26-24-22-14-12-10-8-6-2/h5-30H2,1-4H3/p+1. The summed E-state index contributed by atoms with van der Waals surface area (Å²) >= 11 is 0. The Labute approximate surface area is 226 Å². The number of rotatable bonds is 29. The average molecular weight is 535 g/mol. The Morgan fingerprint density at radius 2 is 0.833 bits per heavy atom. The van der Waals surface area contributed by atoms with Crippen LogP contribution in [0.5, 0.6) is 0 Å². The summed E-state index contributed by atoms with van der Waals surface area (Å²) in [5, 5.41) is 0. The number of hydrogen-bond acceptors (Lipinski definition) is 3. The number of quaternary nitrogens is 1. The van der Waals surface area contributed by atoms with Gasteiger partial charge in [0.05, 0.1) is 27.2 Å². The lowest BCUT2D eigenvalue weighted by Crippen LogP contribution is -2.42. The average Bonchev–Trinajstić information content (AvgIpc) is 2.83. The van der Waals surface area contributed by atoms with Gasteiger partial charge >= 0.3 is 7.82 Å². The van der Waals surface area contributed by atoms with Crippen molar-refractivity contribution in [2.24, 2.45) is 0 Å². The van der Waals surface area contributed by atoms with E-state index in [-0.39, 0.29) is 6.61 Å². The van der Waals surface area contributed by atoms with Crippen molar-refractivity contribution in [1.29, 1.82) is 0 Å². The zero-order valence-corrected chi connectivity index (χ0v) is 25.8. The van der Waals surface area contributed by atoms with Crippen LogP contribution in [0.2, 0.25) is 0 Å². The van der Waals surface area contributed by atoms with E-state index in [2.05, 4.69) is 27.9 Å². The molecule has 1 N–H and O–H groups in total. The van der Waals surface area contributed by atoms with Crippen molar-refractivity contribution in [3.63, 3.8) is 0 Å². The molecular formula is C30H65NO4P+. The maximum Gasteiger partial charge on any atom is 0.472 e. The molecule has 1 atom stereocenters. The lowest BCUT2D eigenvalue weighted by Gasteiger charge is -2.29. The quantitative estimate of drug-likeness (QED) is 0.0589. The van der Waals surface area contributed by atoms with E-state index in [0.29, 0.717) is 6.61 Å². The van der Waals surface area contributed by atoms with Gasteiger partial charge in [0.2, 0.25) is 0 Å². The molecule has 5 nitrogen and oxygen atoms in total. The minimum absolute atomic E-state index is 0.261. The van der Waals surface area contributed by atoms with Crippen molar-refractivity contribution < 1.29 is 23.0 Å². The monoisotopic (exact) mass is 534 g/mol. The number of nitrogens with zero attached hydrogens (tertiary/aromatic N) is 1. The molecule has 0 spiro atoms. The Balaban J connectivity index is 3.56. The van der Waals surface area contributed by atoms with Crippen LogP contribution in [0.4, 0.5) is 0 Å². The highest BCUT2D eigenvalue weighted by Gasteiger charge is 2.23. The van der Waals surface area contributed by atoms with E-state index in [1.165, 1.54) is 128 Å². The number of phosphoric ester groups is 1. The molecule has 36 heavy (non-hydrogen) atoms. The molecule has 0 aromatic rings. The first kappa shape index (κ1) is 36.1. The summed E-state index contributed by atoms with van der Waals surface area (Å²) < 4.78 is 23.3. The molecule has 0 saturated carbocycles. The molecule has 0 aromatic heterocycles. The van der Waals surface area contributed by atoms with Crippen LogP contribution in [0.25, 0.3) is 0 Å². The topological polar surface area (TPSA) is 55.8 Å². The molecule has 0 aliphatic rings. The van der Waals surface area contributed by atoms with Crippen LogP contribution < -0.4 is 0 Å². The van der Waals surface area contributed by atoms with Gasteiger partial charge in [-0.25, -0.2) is 4.57 Å². The number of phosphoric acid groups is 1. The van der Waals surface area contributed by atoms with Gasteiger partial charge in [0.1, 0.15) is 13.2 Å². The van der Waals surface area contributed by atoms with E-state index in [4.69, 9.17) is 9.05 Å². The van der Waals surface area contributed by atoms with Crippen LogP contribution >= 0.6 is 7.82 Å². The molecular weight excluding hydrogens is 469 g/mol. The zero-order valence-electron chi connectivity index (χ0n) is 25.0. The highest BCUT2D eigenvalue weighted by molar-refractivity contribution is 7.47. The van der Waals surface area contributed by atoms with Crippen molar-refractivity contribution in [1.82, 2.24) is 0 Å². The highest BCUT2D eigenvalue weighted by atomic mass is 31.2. The van der Waals surface area contributed by atoms with Crippen LogP contribution in [0.3, 0.4) is 0 Å². The molecule has 0 radical (unpaired) electrons. The molecule has 0 heterocycles. The minimum atomic E-state index is -3.92. The summed E-state index contributed by atoms with van der Waals surface area (Å²) in [4.78, 5) is 9.92. The Bertz CT molecular complexity index is 501. The van der Waals surface area contributed by atoms with E-state index >= 15 is 0 Å². The third-order valence-corrected chi connectivity index (χ3v) is 8.34. The van der Waals surface area contributed by atoms with Gasteiger partial charge in [-0.2, -0.15) is 0 Å². The van der Waals surface area contributed by atoms with Gasteiger partial charge in [-0.05, 0) is 19.3 Å². The van der Waals surface area contributed by atoms with Crippen molar-refractivity contribution >= 4 is 7.82 Å². The van der Waals surface area contributed by atoms with Gasteiger partial charge in [-0.15, -0.1) is 0 Å². The van der Waals surface area contributed by atoms with E-state index in [1.807, 2.05) is 0 Å². The van der Waals surface area contributed by atoms with Crippen molar-refractivity contribution in [3.8, 4) is 0 Å². The van der Waals surface area contributed by atoms with Crippen LogP contribution in [0.15, 0.2) is 0 Å². The lowest BCUT2D eigenvalue weighted by molar-refractivity contribution is -0.890. The number of hydrogen-bond donors (Lipinski definition) is 1. The second-order valence-corrected chi connectivity index (χ2v) is 13.0. The SMILES string of the molecule is CCCCCCCCCCCCCCCC[N+](C)(C)CCOP(=O)(O)OCCCCCCCCCC. The molecule has 0 rings (SSSR count). The lowest BCUT2D eigenvalue weighted by atomic mass is 10.0. The van der Waals surface area contributed by atoms with Gasteiger partial charge in [0.15, 0.2) is 0 Å². The van der Waals surface area contributed by atoms with Gasteiger partial charge in [0.25, 0.3) is 0 Å². The van der Waals surface area contributed by atoms with E-state index in [1.54, 1.807) is 0 Å². The Morgan fingerprint density at radius 1 is 0.500 bits per heavy atom. The maximum atomic E-state index is 12.1. The van der Waals surface area contributed by atoms with Crippen molar-refractivity contribution in [2.45, 2.75) is 155 Å². The summed E-state index contributed by atoms with van der Waals surface area (Å²) in [5.41, 5.74) is 0. The fraction of sp³-hybridized carbons (Fsp3) is 1.00. The number of unbranched alkanes of at least 4 members (excludes halogenated alkanes) is 20. The molecule has 1 unspecified atom stereocenters. The molecule has 0 bridgehead atoms. The maximum absolute atomic E-state index is 12.1. The predicted octanol–water partition coefficient (Wildman–Crippen LogP) is 9.82. The molecule has 0 amide bonds. The first-order valence-electron chi connectivity index (χ1n) is 15.8. The van der Waals surface area contributed by atoms with Crippen LogP contribution in [-0.2, 0) is 13.6 Å². The molecule has 218 valence electrons. The van der Waals surface area contributed by atoms with Crippen LogP contribution in [0.1, 0.15) is 155 Å². The van der Waals surface area contributed by atoms with Crippen molar-refractivity contribution in [2.75, 3.05) is 40.4 Å². The summed E-state index contributed by atoms with van der Waals surface area (Å²) in [7, 11) is 0.431. The summed E-state index contributed by atoms with van der Waals surface area (Å²) in [6, 6.07) is 0. The molecule has 0 fully saturated rings. The van der Waals surface area contributed by atoms with Crippen LogP contribution in [0, 0.1) is 0 Å². The van der Waals surface area contributed by atoms with Crippen molar-refractivity contribution in [3.05, 3.63) is 0 Å². The Kier molecular flexibility index (Phi) is 25.4. The third-order valence-electron chi connectivity index (χ3n) is 7.32. The smallest absolute Gasteiger partial charge is 0.327 e. The molecule has 0 aliphatic heterocycles. The Hall–Kier alpha value is 0.0700. The van der Waals surface area contributed by atoms with Gasteiger partial charge in [0, 0.05) is 0 Å². The largest absolute Gasteiger partial charge is 0.472 e. The molecule has 6 heteroatoms.